The number of rotatable bonds is 7. The molecule has 2 amide bonds. The molecule has 0 N–H and O–H groups in total. The van der Waals surface area contributed by atoms with E-state index in [1.807, 2.05) is 42.5 Å². The van der Waals surface area contributed by atoms with Gasteiger partial charge < -0.3 is 4.74 Å². The van der Waals surface area contributed by atoms with E-state index in [0.29, 0.717) is 16.8 Å². The van der Waals surface area contributed by atoms with Crippen molar-refractivity contribution >= 4 is 35.0 Å². The first-order valence-electron chi connectivity index (χ1n) is 11.8. The first kappa shape index (κ1) is 24.5. The van der Waals surface area contributed by atoms with Gasteiger partial charge in [-0.15, -0.1) is 0 Å². The van der Waals surface area contributed by atoms with Gasteiger partial charge in [0.05, 0.1) is 22.4 Å². The number of amides is 2. The standard InChI is InChI=1S/C31H21NO6/c1-19(33)20-11-14-25(15-12-20)32-29(35)26-16-13-24(17-27(26)30(32)36)31(37)38-18-28(34)23-9-7-22(8-10-23)21-5-3-2-4-6-21/h2-17H,18H2,1H3. The van der Waals surface area contributed by atoms with E-state index in [0.717, 1.165) is 16.0 Å². The molecule has 0 unspecified atom stereocenters. The molecule has 0 spiro atoms. The number of fused-ring (bicyclic) bond motifs is 1. The summed E-state index contributed by atoms with van der Waals surface area (Å²) in [5.74, 6) is -2.42. The Balaban J connectivity index is 1.26. The van der Waals surface area contributed by atoms with E-state index in [1.54, 1.807) is 12.1 Å². The smallest absolute Gasteiger partial charge is 0.338 e. The van der Waals surface area contributed by atoms with Crippen molar-refractivity contribution < 1.29 is 28.7 Å². The van der Waals surface area contributed by atoms with Gasteiger partial charge in [0, 0.05) is 11.1 Å². The lowest BCUT2D eigenvalue weighted by Crippen LogP contribution is -2.29. The Morgan fingerprint density at radius 3 is 1.89 bits per heavy atom. The molecule has 4 aromatic rings. The van der Waals surface area contributed by atoms with Gasteiger partial charge in [-0.25, -0.2) is 9.69 Å². The largest absolute Gasteiger partial charge is 0.454 e. The number of esters is 1. The van der Waals surface area contributed by atoms with Crippen molar-refractivity contribution in [1.29, 1.82) is 0 Å². The molecule has 0 bridgehead atoms. The van der Waals surface area contributed by atoms with Gasteiger partial charge in [-0.2, -0.15) is 0 Å². The molecular formula is C31H21NO6. The SMILES string of the molecule is CC(=O)c1ccc(N2C(=O)c3ccc(C(=O)OCC(=O)c4ccc(-c5ccccc5)cc4)cc3C2=O)cc1. The average molecular weight is 504 g/mol. The van der Waals surface area contributed by atoms with Crippen LogP contribution in [0.5, 0.6) is 0 Å². The van der Waals surface area contributed by atoms with Crippen molar-refractivity contribution in [2.45, 2.75) is 6.92 Å². The highest BCUT2D eigenvalue weighted by Crippen LogP contribution is 2.29. The minimum absolute atomic E-state index is 0.0471. The fourth-order valence-corrected chi connectivity index (χ4v) is 4.22. The summed E-state index contributed by atoms with van der Waals surface area (Å²) in [5, 5.41) is 0. The average Bonchev–Trinajstić information content (AvgIpc) is 3.20. The Morgan fingerprint density at radius 2 is 1.24 bits per heavy atom. The predicted molar refractivity (Wildman–Crippen MR) is 141 cm³/mol. The van der Waals surface area contributed by atoms with Gasteiger partial charge in [-0.05, 0) is 60.5 Å². The van der Waals surface area contributed by atoms with Crippen LogP contribution in [0.3, 0.4) is 0 Å². The molecule has 0 fully saturated rings. The lowest BCUT2D eigenvalue weighted by atomic mass is 10.0. The lowest BCUT2D eigenvalue weighted by Gasteiger charge is -2.13. The van der Waals surface area contributed by atoms with Crippen LogP contribution in [-0.2, 0) is 4.74 Å². The second-order valence-corrected chi connectivity index (χ2v) is 8.75. The van der Waals surface area contributed by atoms with Crippen LogP contribution in [0.2, 0.25) is 0 Å². The second kappa shape index (κ2) is 10.1. The predicted octanol–water partition coefficient (Wildman–Crippen LogP) is 5.40. The van der Waals surface area contributed by atoms with Crippen molar-refractivity contribution in [1.82, 2.24) is 0 Å². The topological polar surface area (TPSA) is 97.8 Å². The zero-order valence-electron chi connectivity index (χ0n) is 20.3. The molecule has 0 saturated heterocycles. The normalized spacial score (nSPS) is 12.3. The molecule has 0 aliphatic carbocycles. The molecule has 1 heterocycles. The van der Waals surface area contributed by atoms with Crippen LogP contribution < -0.4 is 4.90 Å². The first-order valence-corrected chi connectivity index (χ1v) is 11.8. The second-order valence-electron chi connectivity index (χ2n) is 8.75. The summed E-state index contributed by atoms with van der Waals surface area (Å²) in [6.45, 7) is 0.953. The third-order valence-corrected chi connectivity index (χ3v) is 6.30. The van der Waals surface area contributed by atoms with E-state index in [9.17, 15) is 24.0 Å². The molecule has 0 saturated carbocycles. The number of hydrogen-bond acceptors (Lipinski definition) is 6. The summed E-state index contributed by atoms with van der Waals surface area (Å²) in [6.07, 6.45) is 0. The molecule has 5 rings (SSSR count). The number of imide groups is 1. The third-order valence-electron chi connectivity index (χ3n) is 6.30. The number of anilines is 1. The number of nitrogens with zero attached hydrogens (tertiary/aromatic N) is 1. The third kappa shape index (κ3) is 4.65. The van der Waals surface area contributed by atoms with Crippen LogP contribution in [0.4, 0.5) is 5.69 Å². The summed E-state index contributed by atoms with van der Waals surface area (Å²) < 4.78 is 5.20. The van der Waals surface area contributed by atoms with E-state index in [4.69, 9.17) is 4.74 Å². The van der Waals surface area contributed by atoms with E-state index >= 15 is 0 Å². The van der Waals surface area contributed by atoms with Crippen LogP contribution in [0.15, 0.2) is 97.1 Å². The number of hydrogen-bond donors (Lipinski definition) is 0. The fraction of sp³-hybridized carbons (Fsp3) is 0.0645. The highest BCUT2D eigenvalue weighted by atomic mass is 16.5. The van der Waals surface area contributed by atoms with Gasteiger partial charge >= 0.3 is 5.97 Å². The number of carbonyl (C=O) groups is 5. The number of carbonyl (C=O) groups excluding carboxylic acids is 5. The zero-order valence-corrected chi connectivity index (χ0v) is 20.3. The summed E-state index contributed by atoms with van der Waals surface area (Å²) in [6, 6.07) is 26.9. The fourth-order valence-electron chi connectivity index (χ4n) is 4.22. The van der Waals surface area contributed by atoms with Crippen molar-refractivity contribution in [3.05, 3.63) is 125 Å². The van der Waals surface area contributed by atoms with E-state index < -0.39 is 24.4 Å². The van der Waals surface area contributed by atoms with Crippen LogP contribution in [0.1, 0.15) is 58.7 Å². The zero-order chi connectivity index (χ0) is 26.8. The number of benzene rings is 4. The molecule has 4 aromatic carbocycles. The Kier molecular flexibility index (Phi) is 6.49. The number of Topliss-reactive ketones (excluding diaryl/α,β-unsaturated/α-hetero) is 2. The molecule has 0 radical (unpaired) electrons. The highest BCUT2D eigenvalue weighted by Gasteiger charge is 2.37. The van der Waals surface area contributed by atoms with Gasteiger partial charge in [0.1, 0.15) is 0 Å². The van der Waals surface area contributed by atoms with Gasteiger partial charge in [-0.1, -0.05) is 54.6 Å². The lowest BCUT2D eigenvalue weighted by molar-refractivity contribution is 0.0474. The quantitative estimate of drug-likeness (QED) is 0.190. The molecule has 38 heavy (non-hydrogen) atoms. The maximum atomic E-state index is 13.0. The van der Waals surface area contributed by atoms with E-state index in [-0.39, 0.29) is 28.3 Å². The van der Waals surface area contributed by atoms with Gasteiger partial charge in [-0.3, -0.25) is 19.2 Å². The Hall–Kier alpha value is -5.17. The molecule has 1 aliphatic rings. The summed E-state index contributed by atoms with van der Waals surface area (Å²) in [7, 11) is 0. The number of ether oxygens (including phenoxy) is 1. The Morgan fingerprint density at radius 1 is 0.658 bits per heavy atom. The molecular weight excluding hydrogens is 482 g/mol. The molecule has 7 heteroatoms. The summed E-state index contributed by atoms with van der Waals surface area (Å²) >= 11 is 0. The Bertz CT molecular complexity index is 1590. The maximum absolute atomic E-state index is 13.0. The molecule has 7 nitrogen and oxygen atoms in total. The van der Waals surface area contributed by atoms with Crippen LogP contribution in [-0.4, -0.2) is 36.0 Å². The van der Waals surface area contributed by atoms with Gasteiger partial charge in [0.25, 0.3) is 11.8 Å². The van der Waals surface area contributed by atoms with Crippen LogP contribution in [0, 0.1) is 0 Å². The van der Waals surface area contributed by atoms with Crippen LogP contribution in [0.25, 0.3) is 11.1 Å². The molecule has 1 aliphatic heterocycles. The molecule has 186 valence electrons. The highest BCUT2D eigenvalue weighted by molar-refractivity contribution is 6.34. The van der Waals surface area contributed by atoms with E-state index in [1.165, 1.54) is 49.4 Å². The van der Waals surface area contributed by atoms with Crippen molar-refractivity contribution in [2.24, 2.45) is 0 Å². The Labute approximate surface area is 218 Å². The van der Waals surface area contributed by atoms with Gasteiger partial charge in [0.2, 0.25) is 0 Å². The van der Waals surface area contributed by atoms with Crippen molar-refractivity contribution in [3.8, 4) is 11.1 Å². The molecule has 0 atom stereocenters. The maximum Gasteiger partial charge on any atom is 0.338 e. The minimum Gasteiger partial charge on any atom is -0.454 e. The molecule has 0 aromatic heterocycles. The van der Waals surface area contributed by atoms with Crippen molar-refractivity contribution in [2.75, 3.05) is 11.5 Å². The number of ketones is 2. The van der Waals surface area contributed by atoms with E-state index in [2.05, 4.69) is 0 Å². The minimum atomic E-state index is -0.786. The first-order chi connectivity index (χ1) is 18.3. The van der Waals surface area contributed by atoms with Crippen molar-refractivity contribution in [3.63, 3.8) is 0 Å². The van der Waals surface area contributed by atoms with Crippen LogP contribution >= 0.6 is 0 Å². The summed E-state index contributed by atoms with van der Waals surface area (Å²) in [4.78, 5) is 63.6. The van der Waals surface area contributed by atoms with Gasteiger partial charge in [0.15, 0.2) is 18.2 Å². The monoisotopic (exact) mass is 503 g/mol. The summed E-state index contributed by atoms with van der Waals surface area (Å²) in [5.41, 5.74) is 3.41.